The van der Waals surface area contributed by atoms with Crippen molar-refractivity contribution in [3.63, 3.8) is 0 Å². The lowest BCUT2D eigenvalue weighted by molar-refractivity contribution is -0.118. The first-order valence-electron chi connectivity index (χ1n) is 9.04. The Hall–Kier alpha value is -3.06. The Labute approximate surface area is 165 Å². The van der Waals surface area contributed by atoms with Crippen LogP contribution < -0.4 is 4.80 Å². The maximum Gasteiger partial charge on any atom is 0.268 e. The molecular formula is C21H19N3O3S. The van der Waals surface area contributed by atoms with Crippen LogP contribution >= 0.6 is 11.3 Å². The van der Waals surface area contributed by atoms with Crippen molar-refractivity contribution >= 4 is 39.3 Å². The van der Waals surface area contributed by atoms with E-state index in [0.717, 1.165) is 26.2 Å². The molecule has 1 aliphatic heterocycles. The number of fused-ring (bicyclic) bond motifs is 2. The first-order valence-corrected chi connectivity index (χ1v) is 9.85. The van der Waals surface area contributed by atoms with Crippen LogP contribution in [-0.2, 0) is 11.3 Å². The summed E-state index contributed by atoms with van der Waals surface area (Å²) in [4.78, 5) is 43.3. The molecule has 3 aromatic rings. The van der Waals surface area contributed by atoms with Crippen molar-refractivity contribution in [3.8, 4) is 0 Å². The summed E-state index contributed by atoms with van der Waals surface area (Å²) in [6.45, 7) is 6.38. The number of aromatic nitrogens is 1. The molecule has 0 unspecified atom stereocenters. The van der Waals surface area contributed by atoms with Gasteiger partial charge >= 0.3 is 0 Å². The van der Waals surface area contributed by atoms with E-state index in [4.69, 9.17) is 0 Å². The fraction of sp³-hybridized carbons (Fsp3) is 0.238. The van der Waals surface area contributed by atoms with Crippen LogP contribution in [0, 0.1) is 13.8 Å². The lowest BCUT2D eigenvalue weighted by Crippen LogP contribution is -2.35. The van der Waals surface area contributed by atoms with Crippen LogP contribution in [0.25, 0.3) is 10.2 Å². The van der Waals surface area contributed by atoms with E-state index >= 15 is 0 Å². The third-order valence-electron chi connectivity index (χ3n) is 4.82. The fourth-order valence-corrected chi connectivity index (χ4v) is 4.72. The van der Waals surface area contributed by atoms with Crippen molar-refractivity contribution in [3.05, 3.63) is 63.5 Å². The number of hydrogen-bond donors (Lipinski definition) is 0. The molecule has 28 heavy (non-hydrogen) atoms. The molecular weight excluding hydrogens is 374 g/mol. The number of rotatable bonds is 3. The molecule has 1 aliphatic rings. The van der Waals surface area contributed by atoms with Gasteiger partial charge in [-0.3, -0.25) is 19.3 Å². The number of amides is 3. The molecule has 7 heteroatoms. The zero-order chi connectivity index (χ0) is 20.0. The molecule has 0 bridgehead atoms. The summed E-state index contributed by atoms with van der Waals surface area (Å²) in [5.74, 6) is -1.41. The molecule has 0 radical (unpaired) electrons. The topological polar surface area (TPSA) is 71.7 Å². The molecule has 2 heterocycles. The molecule has 0 atom stereocenters. The summed E-state index contributed by atoms with van der Waals surface area (Å²) >= 11 is 1.45. The number of hydrogen-bond acceptors (Lipinski definition) is 4. The van der Waals surface area contributed by atoms with Gasteiger partial charge in [0.1, 0.15) is 6.54 Å². The van der Waals surface area contributed by atoms with Crippen LogP contribution in [0.3, 0.4) is 0 Å². The van der Waals surface area contributed by atoms with E-state index in [1.807, 2.05) is 25.3 Å². The molecule has 0 saturated heterocycles. The molecule has 142 valence electrons. The smallest absolute Gasteiger partial charge is 0.268 e. The zero-order valence-corrected chi connectivity index (χ0v) is 16.7. The van der Waals surface area contributed by atoms with Gasteiger partial charge in [0.15, 0.2) is 4.80 Å². The van der Waals surface area contributed by atoms with Crippen molar-refractivity contribution in [1.29, 1.82) is 0 Å². The van der Waals surface area contributed by atoms with Crippen molar-refractivity contribution in [2.45, 2.75) is 27.3 Å². The lowest BCUT2D eigenvalue weighted by atomic mass is 10.1. The summed E-state index contributed by atoms with van der Waals surface area (Å²) in [6.07, 6.45) is 0. The van der Waals surface area contributed by atoms with E-state index in [1.54, 1.807) is 24.3 Å². The van der Waals surface area contributed by atoms with E-state index in [0.29, 0.717) is 22.5 Å². The molecule has 0 fully saturated rings. The van der Waals surface area contributed by atoms with Crippen molar-refractivity contribution in [2.75, 3.05) is 6.54 Å². The van der Waals surface area contributed by atoms with E-state index in [2.05, 4.69) is 17.1 Å². The average molecular weight is 393 g/mol. The number of thiazole rings is 1. The number of benzene rings is 2. The normalized spacial score (nSPS) is 14.2. The molecule has 2 aromatic carbocycles. The van der Waals surface area contributed by atoms with Gasteiger partial charge < -0.3 is 4.57 Å². The summed E-state index contributed by atoms with van der Waals surface area (Å²) in [7, 11) is 0. The van der Waals surface area contributed by atoms with Gasteiger partial charge in [-0.2, -0.15) is 4.99 Å². The van der Waals surface area contributed by atoms with Crippen LogP contribution in [0.1, 0.15) is 38.8 Å². The summed E-state index contributed by atoms with van der Waals surface area (Å²) in [5, 5.41) is 0. The number of nitrogens with zero attached hydrogens (tertiary/aromatic N) is 3. The zero-order valence-electron chi connectivity index (χ0n) is 15.9. The van der Waals surface area contributed by atoms with Gasteiger partial charge in [-0.25, -0.2) is 0 Å². The minimum atomic E-state index is -0.516. The standard InChI is InChI=1S/C21H19N3O3S/c1-4-23-16-10-12(2)9-13(3)18(16)28-21(23)22-17(25)11-24-19(26)14-7-5-6-8-15(14)20(24)27/h5-10H,4,11H2,1-3H3. The van der Waals surface area contributed by atoms with Crippen molar-refractivity contribution < 1.29 is 14.4 Å². The maximum absolute atomic E-state index is 12.6. The van der Waals surface area contributed by atoms with Gasteiger partial charge in [-0.15, -0.1) is 0 Å². The predicted molar refractivity (Wildman–Crippen MR) is 107 cm³/mol. The van der Waals surface area contributed by atoms with Crippen LogP contribution in [0.5, 0.6) is 0 Å². The second kappa shape index (κ2) is 6.83. The monoisotopic (exact) mass is 393 g/mol. The Morgan fingerprint density at radius 1 is 1.07 bits per heavy atom. The Kier molecular flexibility index (Phi) is 4.47. The average Bonchev–Trinajstić information content (AvgIpc) is 3.12. The highest BCUT2D eigenvalue weighted by molar-refractivity contribution is 7.16. The molecule has 4 rings (SSSR count). The number of imide groups is 1. The molecule has 0 aliphatic carbocycles. The van der Waals surface area contributed by atoms with Gasteiger partial charge in [0, 0.05) is 6.54 Å². The third-order valence-corrected chi connectivity index (χ3v) is 6.05. The minimum absolute atomic E-state index is 0.330. The number of aryl methyl sites for hydroxylation is 3. The van der Waals surface area contributed by atoms with Gasteiger partial charge in [-0.1, -0.05) is 29.5 Å². The highest BCUT2D eigenvalue weighted by Gasteiger charge is 2.36. The Bertz CT molecular complexity index is 1180. The summed E-state index contributed by atoms with van der Waals surface area (Å²) < 4.78 is 3.07. The second-order valence-electron chi connectivity index (χ2n) is 6.81. The van der Waals surface area contributed by atoms with Gasteiger partial charge in [0.05, 0.1) is 21.3 Å². The molecule has 0 saturated carbocycles. The van der Waals surface area contributed by atoms with E-state index < -0.39 is 17.7 Å². The van der Waals surface area contributed by atoms with Gasteiger partial charge in [-0.05, 0) is 50.1 Å². The van der Waals surface area contributed by atoms with Crippen LogP contribution in [0.4, 0.5) is 0 Å². The van der Waals surface area contributed by atoms with Crippen LogP contribution in [0.2, 0.25) is 0 Å². The molecule has 1 aromatic heterocycles. The first kappa shape index (κ1) is 18.3. The predicted octanol–water partition coefficient (Wildman–Crippen LogP) is 3.06. The maximum atomic E-state index is 12.6. The van der Waals surface area contributed by atoms with Crippen LogP contribution in [0.15, 0.2) is 41.4 Å². The fourth-order valence-electron chi connectivity index (χ4n) is 3.56. The van der Waals surface area contributed by atoms with Gasteiger partial charge in [0.2, 0.25) is 0 Å². The van der Waals surface area contributed by atoms with E-state index in [-0.39, 0.29) is 6.54 Å². The van der Waals surface area contributed by atoms with E-state index in [1.165, 1.54) is 11.3 Å². The lowest BCUT2D eigenvalue weighted by Gasteiger charge is -2.10. The Balaban J connectivity index is 1.69. The quantitative estimate of drug-likeness (QED) is 0.642. The van der Waals surface area contributed by atoms with Gasteiger partial charge in [0.25, 0.3) is 17.7 Å². The van der Waals surface area contributed by atoms with Crippen molar-refractivity contribution in [1.82, 2.24) is 9.47 Å². The highest BCUT2D eigenvalue weighted by Crippen LogP contribution is 2.24. The minimum Gasteiger partial charge on any atom is -0.317 e. The molecule has 6 nitrogen and oxygen atoms in total. The summed E-state index contributed by atoms with van der Waals surface area (Å²) in [5.41, 5.74) is 3.98. The molecule has 0 N–H and O–H groups in total. The number of carbonyl (C=O) groups excluding carboxylic acids is 3. The summed E-state index contributed by atoms with van der Waals surface area (Å²) in [6, 6.07) is 10.8. The number of carbonyl (C=O) groups is 3. The molecule has 0 spiro atoms. The van der Waals surface area contributed by atoms with Crippen molar-refractivity contribution in [2.24, 2.45) is 4.99 Å². The Morgan fingerprint density at radius 2 is 1.71 bits per heavy atom. The Morgan fingerprint density at radius 3 is 2.32 bits per heavy atom. The highest BCUT2D eigenvalue weighted by atomic mass is 32.1. The third kappa shape index (κ3) is 2.88. The first-order chi connectivity index (χ1) is 13.4. The molecule has 3 amide bonds. The van der Waals surface area contributed by atoms with E-state index in [9.17, 15) is 14.4 Å². The van der Waals surface area contributed by atoms with Crippen LogP contribution in [-0.4, -0.2) is 33.7 Å². The SMILES string of the molecule is CCn1c(=NC(=O)CN2C(=O)c3ccccc3C2=O)sc2c(C)cc(C)cc21. The largest absolute Gasteiger partial charge is 0.317 e. The second-order valence-corrected chi connectivity index (χ2v) is 7.78.